The van der Waals surface area contributed by atoms with Crippen LogP contribution in [-0.2, 0) is 29.0 Å². The van der Waals surface area contributed by atoms with Gasteiger partial charge in [0.1, 0.15) is 11.4 Å². The topological polar surface area (TPSA) is 67.9 Å². The van der Waals surface area contributed by atoms with Gasteiger partial charge in [-0.15, -0.1) is 0 Å². The molecule has 6 heteroatoms. The van der Waals surface area contributed by atoms with Crippen LogP contribution in [0.2, 0.25) is 0 Å². The van der Waals surface area contributed by atoms with E-state index < -0.39 is 5.60 Å². The summed E-state index contributed by atoms with van der Waals surface area (Å²) < 4.78 is 11.1. The van der Waals surface area contributed by atoms with E-state index in [-0.39, 0.29) is 17.9 Å². The summed E-state index contributed by atoms with van der Waals surface area (Å²) in [5, 5.41) is 3.18. The molecule has 1 aliphatic carbocycles. The Balaban J connectivity index is 1.38. The van der Waals surface area contributed by atoms with Gasteiger partial charge in [0.05, 0.1) is 7.11 Å². The first-order chi connectivity index (χ1) is 18.2. The molecular formula is C32H36N2O4. The first-order valence-corrected chi connectivity index (χ1v) is 13.3. The van der Waals surface area contributed by atoms with Crippen LogP contribution in [0.3, 0.4) is 0 Å². The molecule has 3 aromatic rings. The zero-order valence-corrected chi connectivity index (χ0v) is 22.6. The predicted molar refractivity (Wildman–Crippen MR) is 148 cm³/mol. The SMILES string of the molecule is COc1cccc(-c2ccc(CNC(=O)[C@@H]3C[C@H]3c3ccccc3)c3c2CCN(C(=O)OC(C)(C)C)C3)c1. The van der Waals surface area contributed by atoms with Crippen LogP contribution in [0.25, 0.3) is 11.1 Å². The van der Waals surface area contributed by atoms with Gasteiger partial charge in [-0.3, -0.25) is 4.79 Å². The Morgan fingerprint density at radius 3 is 2.53 bits per heavy atom. The molecular weight excluding hydrogens is 476 g/mol. The Morgan fingerprint density at radius 2 is 1.79 bits per heavy atom. The lowest BCUT2D eigenvalue weighted by atomic mass is 9.87. The van der Waals surface area contributed by atoms with Gasteiger partial charge in [0, 0.05) is 25.6 Å². The first-order valence-electron chi connectivity index (χ1n) is 13.3. The van der Waals surface area contributed by atoms with E-state index in [0.717, 1.165) is 34.4 Å². The van der Waals surface area contributed by atoms with E-state index in [9.17, 15) is 9.59 Å². The number of nitrogens with zero attached hydrogens (tertiary/aromatic N) is 1. The Labute approximate surface area is 225 Å². The number of ether oxygens (including phenoxy) is 2. The predicted octanol–water partition coefficient (Wildman–Crippen LogP) is 6.08. The summed E-state index contributed by atoms with van der Waals surface area (Å²) in [6.45, 7) is 7.10. The van der Waals surface area contributed by atoms with Gasteiger partial charge >= 0.3 is 6.09 Å². The lowest BCUT2D eigenvalue weighted by Gasteiger charge is -2.33. The van der Waals surface area contributed by atoms with Crippen molar-refractivity contribution in [1.29, 1.82) is 0 Å². The average molecular weight is 513 g/mol. The summed E-state index contributed by atoms with van der Waals surface area (Å²) >= 11 is 0. The molecule has 5 rings (SSSR count). The summed E-state index contributed by atoms with van der Waals surface area (Å²) in [5.41, 5.74) is 6.19. The fourth-order valence-corrected chi connectivity index (χ4v) is 5.32. The molecule has 1 saturated carbocycles. The smallest absolute Gasteiger partial charge is 0.410 e. The number of carbonyl (C=O) groups is 2. The van der Waals surface area contributed by atoms with E-state index in [1.807, 2.05) is 57.2 Å². The molecule has 1 fully saturated rings. The van der Waals surface area contributed by atoms with Gasteiger partial charge in [0.2, 0.25) is 5.91 Å². The second kappa shape index (κ2) is 10.5. The minimum absolute atomic E-state index is 0.0162. The maximum atomic E-state index is 13.0. The molecule has 1 aliphatic heterocycles. The summed E-state index contributed by atoms with van der Waals surface area (Å²) in [4.78, 5) is 27.7. The standard InChI is InChI=1S/C32H36N2O4/c1-32(2,3)38-31(36)34-16-15-26-25(22-11-8-12-24(17-22)37-4)14-13-23(29(26)20-34)19-33-30(35)28-18-27(28)21-9-6-5-7-10-21/h5-14,17,27-28H,15-16,18-20H2,1-4H3,(H,33,35)/t27-,28+/m0/s1. The lowest BCUT2D eigenvalue weighted by molar-refractivity contribution is -0.122. The highest BCUT2D eigenvalue weighted by atomic mass is 16.6. The molecule has 0 saturated heterocycles. The van der Waals surface area contributed by atoms with Crippen molar-refractivity contribution in [1.82, 2.24) is 10.2 Å². The number of fused-ring (bicyclic) bond motifs is 1. The lowest BCUT2D eigenvalue weighted by Crippen LogP contribution is -2.40. The molecule has 0 unspecified atom stereocenters. The van der Waals surface area contributed by atoms with Crippen molar-refractivity contribution in [2.24, 2.45) is 5.92 Å². The third-order valence-electron chi connectivity index (χ3n) is 7.35. The quantitative estimate of drug-likeness (QED) is 0.435. The third kappa shape index (κ3) is 5.69. The van der Waals surface area contributed by atoms with Gasteiger partial charge < -0.3 is 19.7 Å². The highest BCUT2D eigenvalue weighted by Gasteiger charge is 2.43. The molecule has 2 atom stereocenters. The van der Waals surface area contributed by atoms with Crippen LogP contribution in [0.1, 0.15) is 55.4 Å². The Kier molecular flexibility index (Phi) is 7.15. The molecule has 2 aliphatic rings. The van der Waals surface area contributed by atoms with E-state index in [2.05, 4.69) is 35.6 Å². The van der Waals surface area contributed by atoms with E-state index >= 15 is 0 Å². The van der Waals surface area contributed by atoms with E-state index in [1.165, 1.54) is 11.1 Å². The maximum absolute atomic E-state index is 13.0. The van der Waals surface area contributed by atoms with Crippen LogP contribution in [0.4, 0.5) is 4.79 Å². The molecule has 3 aromatic carbocycles. The number of nitrogens with one attached hydrogen (secondary N) is 1. The minimum atomic E-state index is -0.559. The summed E-state index contributed by atoms with van der Waals surface area (Å²) in [5.74, 6) is 1.20. The van der Waals surface area contributed by atoms with E-state index in [0.29, 0.717) is 32.0 Å². The molecule has 198 valence electrons. The molecule has 1 heterocycles. The van der Waals surface area contributed by atoms with Crippen LogP contribution in [-0.4, -0.2) is 36.2 Å². The average Bonchev–Trinajstić information content (AvgIpc) is 3.72. The molecule has 6 nitrogen and oxygen atoms in total. The van der Waals surface area contributed by atoms with E-state index in [1.54, 1.807) is 12.0 Å². The molecule has 2 amide bonds. The highest BCUT2D eigenvalue weighted by molar-refractivity contribution is 5.83. The molecule has 0 spiro atoms. The number of carbonyl (C=O) groups excluding carboxylic acids is 2. The number of amides is 2. The molecule has 0 radical (unpaired) electrons. The number of methoxy groups -OCH3 is 1. The zero-order valence-electron chi connectivity index (χ0n) is 22.6. The minimum Gasteiger partial charge on any atom is -0.497 e. The number of benzene rings is 3. The Bertz CT molecular complexity index is 1330. The zero-order chi connectivity index (χ0) is 26.9. The fraction of sp³-hybridized carbons (Fsp3) is 0.375. The van der Waals surface area contributed by atoms with Crippen LogP contribution < -0.4 is 10.1 Å². The van der Waals surface area contributed by atoms with Crippen LogP contribution in [0.15, 0.2) is 66.7 Å². The van der Waals surface area contributed by atoms with Gasteiger partial charge in [-0.25, -0.2) is 4.79 Å². The van der Waals surface area contributed by atoms with Crippen molar-refractivity contribution in [2.75, 3.05) is 13.7 Å². The second-order valence-corrected chi connectivity index (χ2v) is 11.2. The van der Waals surface area contributed by atoms with Gasteiger partial charge in [0.15, 0.2) is 0 Å². The van der Waals surface area contributed by atoms with E-state index in [4.69, 9.17) is 9.47 Å². The van der Waals surface area contributed by atoms with Crippen molar-refractivity contribution in [3.05, 3.63) is 89.0 Å². The van der Waals surface area contributed by atoms with Crippen molar-refractivity contribution in [3.63, 3.8) is 0 Å². The second-order valence-electron chi connectivity index (χ2n) is 11.2. The van der Waals surface area contributed by atoms with Crippen molar-refractivity contribution in [3.8, 4) is 16.9 Å². The van der Waals surface area contributed by atoms with Gasteiger partial charge in [0.25, 0.3) is 0 Å². The highest BCUT2D eigenvalue weighted by Crippen LogP contribution is 2.47. The maximum Gasteiger partial charge on any atom is 0.410 e. The van der Waals surface area contributed by atoms with Gasteiger partial charge in [-0.1, -0.05) is 54.6 Å². The number of hydrogen-bond donors (Lipinski definition) is 1. The van der Waals surface area contributed by atoms with Crippen LogP contribution in [0, 0.1) is 5.92 Å². The summed E-state index contributed by atoms with van der Waals surface area (Å²) in [6.07, 6.45) is 1.28. The molecule has 38 heavy (non-hydrogen) atoms. The van der Waals surface area contributed by atoms with Crippen LogP contribution >= 0.6 is 0 Å². The fourth-order valence-electron chi connectivity index (χ4n) is 5.32. The Hall–Kier alpha value is -3.80. The van der Waals surface area contributed by atoms with Crippen molar-refractivity contribution >= 4 is 12.0 Å². The number of rotatable bonds is 6. The molecule has 0 aromatic heterocycles. The molecule has 0 bridgehead atoms. The normalized spacial score (nSPS) is 18.4. The van der Waals surface area contributed by atoms with Crippen LogP contribution in [0.5, 0.6) is 5.75 Å². The van der Waals surface area contributed by atoms with Crippen molar-refractivity contribution in [2.45, 2.75) is 58.2 Å². The first kappa shape index (κ1) is 25.8. The molecule has 1 N–H and O–H groups in total. The third-order valence-corrected chi connectivity index (χ3v) is 7.35. The summed E-state index contributed by atoms with van der Waals surface area (Å²) in [6, 6.07) is 22.5. The number of hydrogen-bond acceptors (Lipinski definition) is 4. The largest absolute Gasteiger partial charge is 0.497 e. The van der Waals surface area contributed by atoms with Gasteiger partial charge in [-0.2, -0.15) is 0 Å². The monoisotopic (exact) mass is 512 g/mol. The summed E-state index contributed by atoms with van der Waals surface area (Å²) in [7, 11) is 1.67. The van der Waals surface area contributed by atoms with Crippen molar-refractivity contribution < 1.29 is 19.1 Å². The van der Waals surface area contributed by atoms with Gasteiger partial charge in [-0.05, 0) is 85.0 Å². The Morgan fingerprint density at radius 1 is 1.00 bits per heavy atom.